The van der Waals surface area contributed by atoms with E-state index in [1.165, 1.54) is 19.3 Å². The van der Waals surface area contributed by atoms with Crippen LogP contribution in [0.1, 0.15) is 26.2 Å². The zero-order valence-corrected chi connectivity index (χ0v) is 11.7. The second kappa shape index (κ2) is 5.24. The van der Waals surface area contributed by atoms with E-state index in [1.54, 1.807) is 6.20 Å². The molecule has 6 nitrogen and oxygen atoms in total. The zero-order valence-electron chi connectivity index (χ0n) is 10.9. The molecule has 3 rings (SSSR count). The maximum absolute atomic E-state index is 5.74. The van der Waals surface area contributed by atoms with Crippen LogP contribution in [-0.4, -0.2) is 37.2 Å². The number of nitrogen functional groups attached to an aromatic ring is 1. The zero-order chi connectivity index (χ0) is 13.2. The molecule has 19 heavy (non-hydrogen) atoms. The highest BCUT2D eigenvalue weighted by atomic mass is 32.2. The molecule has 4 N–H and O–H groups in total. The Hall–Kier alpha value is -1.50. The number of thioether (sulfide) groups is 1. The Morgan fingerprint density at radius 2 is 2.37 bits per heavy atom. The van der Waals surface area contributed by atoms with E-state index >= 15 is 0 Å². The summed E-state index contributed by atoms with van der Waals surface area (Å²) in [6.45, 7) is 2.21. The molecule has 2 aromatic heterocycles. The fraction of sp³-hybridized carbons (Fsp3) is 0.583. The third kappa shape index (κ3) is 2.47. The van der Waals surface area contributed by atoms with Crippen molar-refractivity contribution in [2.24, 2.45) is 0 Å². The molecule has 2 unspecified atom stereocenters. The van der Waals surface area contributed by atoms with E-state index < -0.39 is 0 Å². The van der Waals surface area contributed by atoms with Crippen LogP contribution < -0.4 is 11.1 Å². The maximum atomic E-state index is 5.74. The summed E-state index contributed by atoms with van der Waals surface area (Å²) in [7, 11) is 0. The Morgan fingerprint density at radius 3 is 3.21 bits per heavy atom. The van der Waals surface area contributed by atoms with Crippen molar-refractivity contribution >= 4 is 34.6 Å². The van der Waals surface area contributed by atoms with Crippen LogP contribution in [-0.2, 0) is 0 Å². The minimum Gasteiger partial charge on any atom is -0.368 e. The van der Waals surface area contributed by atoms with Gasteiger partial charge in [0.05, 0.1) is 11.6 Å². The molecule has 7 heteroatoms. The van der Waals surface area contributed by atoms with E-state index in [1.807, 2.05) is 11.8 Å². The number of nitrogens with two attached hydrogens (primary N) is 1. The van der Waals surface area contributed by atoms with E-state index in [0.29, 0.717) is 16.9 Å². The molecule has 1 aliphatic carbocycles. The summed E-state index contributed by atoms with van der Waals surface area (Å²) in [4.78, 5) is 8.45. The van der Waals surface area contributed by atoms with Gasteiger partial charge in [-0.25, -0.2) is 0 Å². The van der Waals surface area contributed by atoms with Crippen molar-refractivity contribution in [2.45, 2.75) is 37.5 Å². The van der Waals surface area contributed by atoms with Crippen molar-refractivity contribution in [3.8, 4) is 0 Å². The molecule has 2 heterocycles. The summed E-state index contributed by atoms with van der Waals surface area (Å²) in [5, 5.41) is 11.9. The second-order valence-corrected chi connectivity index (χ2v) is 6.25. The Labute approximate surface area is 116 Å². The largest absolute Gasteiger partial charge is 0.368 e. The van der Waals surface area contributed by atoms with Gasteiger partial charge >= 0.3 is 0 Å². The molecule has 1 fully saturated rings. The highest BCUT2D eigenvalue weighted by molar-refractivity contribution is 7.99. The number of nitrogens with one attached hydrogen (secondary N) is 2. The number of nitrogens with zero attached hydrogens (tertiary/aromatic N) is 3. The number of fused-ring (bicyclic) bond motifs is 1. The molecule has 0 bridgehead atoms. The molecule has 0 radical (unpaired) electrons. The van der Waals surface area contributed by atoms with E-state index in [4.69, 9.17) is 5.73 Å². The summed E-state index contributed by atoms with van der Waals surface area (Å²) < 4.78 is 0. The summed E-state index contributed by atoms with van der Waals surface area (Å²) >= 11 is 2.02. The summed E-state index contributed by atoms with van der Waals surface area (Å²) in [5.74, 6) is 2.22. The number of H-pyrrole nitrogens is 1. The van der Waals surface area contributed by atoms with Crippen LogP contribution in [0.4, 0.5) is 11.8 Å². The van der Waals surface area contributed by atoms with Gasteiger partial charge in [-0.05, 0) is 18.6 Å². The van der Waals surface area contributed by atoms with Crippen molar-refractivity contribution in [3.05, 3.63) is 6.20 Å². The number of hydrogen-bond donors (Lipinski definition) is 3. The number of aromatic amines is 1. The SMILES string of the molecule is CCSC1CCCC1Nc1nc(N)nc2[nH]ncc12. The highest BCUT2D eigenvalue weighted by Crippen LogP contribution is 2.33. The monoisotopic (exact) mass is 278 g/mol. The quantitative estimate of drug-likeness (QED) is 0.792. The van der Waals surface area contributed by atoms with Gasteiger partial charge < -0.3 is 11.1 Å². The molecule has 102 valence electrons. The average Bonchev–Trinajstić information content (AvgIpc) is 2.99. The lowest BCUT2D eigenvalue weighted by Crippen LogP contribution is -2.27. The number of hydrogen-bond acceptors (Lipinski definition) is 6. The lowest BCUT2D eigenvalue weighted by atomic mass is 10.2. The minimum atomic E-state index is 0.275. The van der Waals surface area contributed by atoms with E-state index in [9.17, 15) is 0 Å². The molecule has 2 aromatic rings. The summed E-state index contributed by atoms with van der Waals surface area (Å²) in [6, 6.07) is 0.456. The molecule has 0 aliphatic heterocycles. The van der Waals surface area contributed by atoms with Gasteiger partial charge in [0.15, 0.2) is 5.65 Å². The number of anilines is 2. The van der Waals surface area contributed by atoms with Crippen LogP contribution in [0.2, 0.25) is 0 Å². The summed E-state index contributed by atoms with van der Waals surface area (Å²) in [5.41, 5.74) is 6.42. The van der Waals surface area contributed by atoms with Crippen LogP contribution in [0, 0.1) is 0 Å². The molecule has 0 spiro atoms. The lowest BCUT2D eigenvalue weighted by Gasteiger charge is -2.21. The fourth-order valence-electron chi connectivity index (χ4n) is 2.64. The van der Waals surface area contributed by atoms with Crippen molar-refractivity contribution < 1.29 is 0 Å². The van der Waals surface area contributed by atoms with Gasteiger partial charge in [0.1, 0.15) is 5.82 Å². The normalized spacial score (nSPS) is 23.0. The van der Waals surface area contributed by atoms with Crippen molar-refractivity contribution in [1.82, 2.24) is 20.2 Å². The number of rotatable bonds is 4. The maximum Gasteiger partial charge on any atom is 0.224 e. The first-order chi connectivity index (χ1) is 9.28. The Bertz CT molecular complexity index is 568. The van der Waals surface area contributed by atoms with Gasteiger partial charge in [0, 0.05) is 11.3 Å². The minimum absolute atomic E-state index is 0.275. The van der Waals surface area contributed by atoms with Gasteiger partial charge in [0.25, 0.3) is 0 Å². The Kier molecular flexibility index (Phi) is 3.46. The number of aromatic nitrogens is 4. The van der Waals surface area contributed by atoms with Gasteiger partial charge in [-0.1, -0.05) is 13.3 Å². The smallest absolute Gasteiger partial charge is 0.224 e. The third-order valence-electron chi connectivity index (χ3n) is 3.48. The standard InChI is InChI=1S/C12H18N6S/c1-2-19-9-5-3-4-8(9)15-10-7-6-14-18-11(7)17-12(13)16-10/h6,8-9H,2-5H2,1H3,(H4,13,14,15,16,17,18). The van der Waals surface area contributed by atoms with Crippen LogP contribution in [0.15, 0.2) is 6.20 Å². The molecule has 0 aromatic carbocycles. The average molecular weight is 278 g/mol. The van der Waals surface area contributed by atoms with Crippen LogP contribution in [0.3, 0.4) is 0 Å². The predicted octanol–water partition coefficient (Wildman–Crippen LogP) is 2.02. The van der Waals surface area contributed by atoms with E-state index in [-0.39, 0.29) is 5.95 Å². The molecule has 0 saturated heterocycles. The topological polar surface area (TPSA) is 92.5 Å². The fourth-order valence-corrected chi connectivity index (χ4v) is 3.84. The summed E-state index contributed by atoms with van der Waals surface area (Å²) in [6.07, 6.45) is 5.46. The second-order valence-electron chi connectivity index (χ2n) is 4.74. The van der Waals surface area contributed by atoms with Gasteiger partial charge in [-0.3, -0.25) is 5.10 Å². The van der Waals surface area contributed by atoms with Crippen LogP contribution in [0.5, 0.6) is 0 Å². The van der Waals surface area contributed by atoms with E-state index in [0.717, 1.165) is 17.0 Å². The van der Waals surface area contributed by atoms with Gasteiger partial charge in [-0.2, -0.15) is 26.8 Å². The Morgan fingerprint density at radius 1 is 1.47 bits per heavy atom. The third-order valence-corrected chi connectivity index (χ3v) is 4.81. The van der Waals surface area contributed by atoms with Crippen LogP contribution in [0.25, 0.3) is 11.0 Å². The first kappa shape index (κ1) is 12.5. The van der Waals surface area contributed by atoms with Crippen molar-refractivity contribution in [2.75, 3.05) is 16.8 Å². The molecule has 1 saturated carbocycles. The lowest BCUT2D eigenvalue weighted by molar-refractivity contribution is 0.764. The van der Waals surface area contributed by atoms with Crippen molar-refractivity contribution in [1.29, 1.82) is 0 Å². The predicted molar refractivity (Wildman–Crippen MR) is 79.3 cm³/mol. The Balaban J connectivity index is 1.86. The molecule has 1 aliphatic rings. The molecular weight excluding hydrogens is 260 g/mol. The van der Waals surface area contributed by atoms with Gasteiger partial charge in [0.2, 0.25) is 5.95 Å². The molecule has 0 amide bonds. The highest BCUT2D eigenvalue weighted by Gasteiger charge is 2.28. The molecule has 2 atom stereocenters. The first-order valence-corrected chi connectivity index (χ1v) is 7.67. The van der Waals surface area contributed by atoms with E-state index in [2.05, 4.69) is 32.4 Å². The van der Waals surface area contributed by atoms with Crippen LogP contribution >= 0.6 is 11.8 Å². The van der Waals surface area contributed by atoms with Crippen molar-refractivity contribution in [3.63, 3.8) is 0 Å². The first-order valence-electron chi connectivity index (χ1n) is 6.62. The molecular formula is C12H18N6S. The van der Waals surface area contributed by atoms with Gasteiger partial charge in [-0.15, -0.1) is 0 Å².